The molecular weight excluding hydrogens is 251 g/mol. The van der Waals surface area contributed by atoms with E-state index in [0.717, 1.165) is 4.88 Å². The van der Waals surface area contributed by atoms with E-state index >= 15 is 0 Å². The van der Waals surface area contributed by atoms with Crippen LogP contribution in [0, 0.1) is 13.8 Å². The summed E-state index contributed by atoms with van der Waals surface area (Å²) in [6, 6.07) is 5.65. The summed E-state index contributed by atoms with van der Waals surface area (Å²) in [6.07, 6.45) is 0. The number of alkyl halides is 1. The summed E-state index contributed by atoms with van der Waals surface area (Å²) in [5.41, 5.74) is 1.20. The van der Waals surface area contributed by atoms with Gasteiger partial charge in [0.1, 0.15) is 11.1 Å². The van der Waals surface area contributed by atoms with Gasteiger partial charge >= 0.3 is 0 Å². The molecule has 2 aromatic heterocycles. The number of furan rings is 1. The summed E-state index contributed by atoms with van der Waals surface area (Å²) in [5, 5.41) is 0.137. The molecule has 0 amide bonds. The quantitative estimate of drug-likeness (QED) is 0.698. The molecular formula is C11H10Cl2OS. The highest BCUT2D eigenvalue weighted by molar-refractivity contribution is 7.12. The standard InChI is InChI=1S/C11H10Cl2OS/c1-6-5-7(2)15-11(6)10(13)8-3-4-9(12)14-8/h3-5,10H,1-2H3. The van der Waals surface area contributed by atoms with E-state index in [1.165, 1.54) is 10.4 Å². The lowest BCUT2D eigenvalue weighted by atomic mass is 10.2. The second-order valence-corrected chi connectivity index (χ2v) is 5.51. The molecule has 2 aromatic rings. The first kappa shape index (κ1) is 11.1. The number of hydrogen-bond acceptors (Lipinski definition) is 2. The van der Waals surface area contributed by atoms with Crippen LogP contribution in [0.1, 0.15) is 26.5 Å². The zero-order chi connectivity index (χ0) is 11.0. The molecule has 0 aromatic carbocycles. The van der Waals surface area contributed by atoms with Crippen molar-refractivity contribution in [3.8, 4) is 0 Å². The second kappa shape index (κ2) is 4.20. The Morgan fingerprint density at radius 2 is 2.07 bits per heavy atom. The third kappa shape index (κ3) is 2.22. The normalized spacial score (nSPS) is 13.1. The number of halogens is 2. The Kier molecular flexibility index (Phi) is 3.10. The first-order valence-corrected chi connectivity index (χ1v) is 6.17. The van der Waals surface area contributed by atoms with Gasteiger partial charge in [-0.15, -0.1) is 22.9 Å². The van der Waals surface area contributed by atoms with Gasteiger partial charge in [-0.2, -0.15) is 0 Å². The molecule has 0 aliphatic rings. The van der Waals surface area contributed by atoms with Crippen molar-refractivity contribution in [2.75, 3.05) is 0 Å². The van der Waals surface area contributed by atoms with Crippen molar-refractivity contribution in [1.82, 2.24) is 0 Å². The van der Waals surface area contributed by atoms with Gasteiger partial charge in [0, 0.05) is 9.75 Å². The summed E-state index contributed by atoms with van der Waals surface area (Å²) in [5.74, 6) is 0.701. The zero-order valence-electron chi connectivity index (χ0n) is 8.38. The molecule has 0 aliphatic heterocycles. The highest BCUT2D eigenvalue weighted by Gasteiger charge is 2.18. The molecule has 80 valence electrons. The van der Waals surface area contributed by atoms with Crippen molar-refractivity contribution < 1.29 is 4.42 Å². The molecule has 0 bridgehead atoms. The average Bonchev–Trinajstić information content (AvgIpc) is 2.71. The molecule has 0 N–H and O–H groups in total. The van der Waals surface area contributed by atoms with Gasteiger partial charge in [0.05, 0.1) is 0 Å². The fraction of sp³-hybridized carbons (Fsp3) is 0.273. The van der Waals surface area contributed by atoms with Crippen LogP contribution in [0.25, 0.3) is 0 Å². The topological polar surface area (TPSA) is 13.1 Å². The van der Waals surface area contributed by atoms with E-state index < -0.39 is 0 Å². The maximum Gasteiger partial charge on any atom is 0.193 e. The van der Waals surface area contributed by atoms with E-state index in [2.05, 4.69) is 19.9 Å². The largest absolute Gasteiger partial charge is 0.448 e. The molecule has 0 spiro atoms. The van der Waals surface area contributed by atoms with Gasteiger partial charge in [0.15, 0.2) is 5.22 Å². The third-order valence-corrected chi connectivity index (χ3v) is 4.14. The van der Waals surface area contributed by atoms with E-state index in [0.29, 0.717) is 11.0 Å². The van der Waals surface area contributed by atoms with Gasteiger partial charge in [0.2, 0.25) is 0 Å². The van der Waals surface area contributed by atoms with Crippen molar-refractivity contribution >= 4 is 34.5 Å². The van der Waals surface area contributed by atoms with Crippen LogP contribution >= 0.6 is 34.5 Å². The lowest BCUT2D eigenvalue weighted by Crippen LogP contribution is -1.89. The summed E-state index contributed by atoms with van der Waals surface area (Å²) in [4.78, 5) is 2.38. The fourth-order valence-corrected chi connectivity index (χ4v) is 3.10. The Balaban J connectivity index is 2.35. The SMILES string of the molecule is Cc1cc(C)c(C(Cl)c2ccc(Cl)o2)s1. The molecule has 2 rings (SSSR count). The molecule has 1 nitrogen and oxygen atoms in total. The van der Waals surface area contributed by atoms with Crippen molar-refractivity contribution in [2.24, 2.45) is 0 Å². The Morgan fingerprint density at radius 3 is 2.53 bits per heavy atom. The van der Waals surface area contributed by atoms with Crippen LogP contribution in [-0.2, 0) is 0 Å². The number of aryl methyl sites for hydroxylation is 2. The maximum atomic E-state index is 6.32. The summed E-state index contributed by atoms with van der Waals surface area (Å²) in [7, 11) is 0. The second-order valence-electron chi connectivity index (χ2n) is 3.41. The minimum absolute atomic E-state index is 0.240. The molecule has 0 radical (unpaired) electrons. The van der Waals surface area contributed by atoms with Crippen LogP contribution in [0.5, 0.6) is 0 Å². The van der Waals surface area contributed by atoms with E-state index in [4.69, 9.17) is 27.6 Å². The molecule has 2 heterocycles. The molecule has 4 heteroatoms. The third-order valence-electron chi connectivity index (χ3n) is 2.15. The molecule has 0 fully saturated rings. The minimum Gasteiger partial charge on any atom is -0.448 e. The van der Waals surface area contributed by atoms with Crippen LogP contribution in [0.15, 0.2) is 22.6 Å². The predicted molar refractivity (Wildman–Crippen MR) is 65.2 cm³/mol. The van der Waals surface area contributed by atoms with Gasteiger partial charge in [-0.25, -0.2) is 0 Å². The van der Waals surface area contributed by atoms with Gasteiger partial charge < -0.3 is 4.42 Å². The number of thiophene rings is 1. The predicted octanol–water partition coefficient (Wildman–Crippen LogP) is 4.94. The van der Waals surface area contributed by atoms with Gasteiger partial charge in [-0.1, -0.05) is 0 Å². The molecule has 1 unspecified atom stereocenters. The minimum atomic E-state index is -0.240. The molecule has 15 heavy (non-hydrogen) atoms. The van der Waals surface area contributed by atoms with Crippen molar-refractivity contribution in [3.63, 3.8) is 0 Å². The summed E-state index contributed by atoms with van der Waals surface area (Å²) in [6.45, 7) is 4.12. The molecule has 1 atom stereocenters. The Labute approximate surface area is 103 Å². The molecule has 0 saturated heterocycles. The highest BCUT2D eigenvalue weighted by Crippen LogP contribution is 2.37. The number of rotatable bonds is 2. The summed E-state index contributed by atoms with van der Waals surface area (Å²) < 4.78 is 5.30. The van der Waals surface area contributed by atoms with Crippen LogP contribution in [0.2, 0.25) is 5.22 Å². The lowest BCUT2D eigenvalue weighted by Gasteiger charge is -2.04. The highest BCUT2D eigenvalue weighted by atomic mass is 35.5. The maximum absolute atomic E-state index is 6.32. The zero-order valence-corrected chi connectivity index (χ0v) is 10.7. The van der Waals surface area contributed by atoms with Gasteiger partial charge in [0.25, 0.3) is 0 Å². The van der Waals surface area contributed by atoms with Gasteiger partial charge in [-0.05, 0) is 49.2 Å². The van der Waals surface area contributed by atoms with Crippen molar-refractivity contribution in [1.29, 1.82) is 0 Å². The smallest absolute Gasteiger partial charge is 0.193 e. The Bertz CT molecular complexity index is 473. The van der Waals surface area contributed by atoms with E-state index in [1.54, 1.807) is 17.4 Å². The monoisotopic (exact) mass is 260 g/mol. The molecule has 0 saturated carbocycles. The van der Waals surface area contributed by atoms with E-state index in [9.17, 15) is 0 Å². The van der Waals surface area contributed by atoms with Crippen LogP contribution < -0.4 is 0 Å². The Hall–Kier alpha value is -0.440. The van der Waals surface area contributed by atoms with Crippen LogP contribution in [-0.4, -0.2) is 0 Å². The fourth-order valence-electron chi connectivity index (χ4n) is 1.50. The number of hydrogen-bond donors (Lipinski definition) is 0. The van der Waals surface area contributed by atoms with Crippen LogP contribution in [0.4, 0.5) is 0 Å². The first-order chi connectivity index (χ1) is 7.08. The lowest BCUT2D eigenvalue weighted by molar-refractivity contribution is 0.519. The van der Waals surface area contributed by atoms with Crippen LogP contribution in [0.3, 0.4) is 0 Å². The van der Waals surface area contributed by atoms with Gasteiger partial charge in [-0.3, -0.25) is 0 Å². The first-order valence-electron chi connectivity index (χ1n) is 4.54. The van der Waals surface area contributed by atoms with E-state index in [1.807, 2.05) is 6.07 Å². The Morgan fingerprint density at radius 1 is 1.33 bits per heavy atom. The van der Waals surface area contributed by atoms with Crippen molar-refractivity contribution in [3.05, 3.63) is 44.5 Å². The summed E-state index contributed by atoms with van der Waals surface area (Å²) >= 11 is 13.7. The molecule has 0 aliphatic carbocycles. The average molecular weight is 261 g/mol. The van der Waals surface area contributed by atoms with Crippen molar-refractivity contribution in [2.45, 2.75) is 19.2 Å². The van der Waals surface area contributed by atoms with E-state index in [-0.39, 0.29) is 5.38 Å².